The zero-order chi connectivity index (χ0) is 13.9. The number of likely N-dealkylation sites (tertiary alicyclic amines) is 1. The summed E-state index contributed by atoms with van der Waals surface area (Å²) in [6, 6.07) is 6.44. The Hall–Kier alpha value is -0.580. The van der Waals surface area contributed by atoms with Gasteiger partial charge < -0.3 is 10.2 Å². The van der Waals surface area contributed by atoms with Crippen molar-refractivity contribution < 1.29 is 4.39 Å². The van der Waals surface area contributed by atoms with Crippen molar-refractivity contribution >= 4 is 11.8 Å². The summed E-state index contributed by atoms with van der Waals surface area (Å²) >= 11 is 1.66. The highest BCUT2D eigenvalue weighted by molar-refractivity contribution is 7.99. The molecule has 1 aromatic carbocycles. The van der Waals surface area contributed by atoms with Gasteiger partial charge in [0.1, 0.15) is 5.82 Å². The van der Waals surface area contributed by atoms with E-state index in [2.05, 4.69) is 23.3 Å². The molecule has 0 aliphatic carbocycles. The molecule has 20 heavy (non-hydrogen) atoms. The molecule has 2 nitrogen and oxygen atoms in total. The number of nitrogens with one attached hydrogen (secondary N) is 1. The highest BCUT2D eigenvalue weighted by atomic mass is 32.2. The second kappa shape index (κ2) is 6.46. The Morgan fingerprint density at radius 1 is 1.35 bits per heavy atom. The van der Waals surface area contributed by atoms with E-state index in [0.717, 1.165) is 29.2 Å². The zero-order valence-corrected chi connectivity index (χ0v) is 12.9. The number of fused-ring (bicyclic) bond motifs is 1. The molecule has 2 aliphatic rings. The molecular weight excluding hydrogens is 271 g/mol. The average molecular weight is 294 g/mol. The molecule has 2 aliphatic heterocycles. The van der Waals surface area contributed by atoms with Gasteiger partial charge in [0, 0.05) is 23.5 Å². The Morgan fingerprint density at radius 2 is 2.25 bits per heavy atom. The molecule has 4 heteroatoms. The Labute approximate surface area is 125 Å². The largest absolute Gasteiger partial charge is 0.308 e. The first-order chi connectivity index (χ1) is 9.75. The van der Waals surface area contributed by atoms with E-state index in [1.165, 1.54) is 25.8 Å². The summed E-state index contributed by atoms with van der Waals surface area (Å²) in [5.74, 6) is 0.945. The van der Waals surface area contributed by atoms with Crippen molar-refractivity contribution in [1.29, 1.82) is 0 Å². The monoisotopic (exact) mass is 294 g/mol. The number of nitrogens with zero attached hydrogens (tertiary/aromatic N) is 1. The quantitative estimate of drug-likeness (QED) is 0.919. The van der Waals surface area contributed by atoms with Crippen LogP contribution in [0.15, 0.2) is 23.1 Å². The summed E-state index contributed by atoms with van der Waals surface area (Å²) in [6.45, 7) is 2.22. The Morgan fingerprint density at radius 3 is 3.10 bits per heavy atom. The van der Waals surface area contributed by atoms with Gasteiger partial charge in [-0.3, -0.25) is 0 Å². The lowest BCUT2D eigenvalue weighted by Crippen LogP contribution is -2.44. The summed E-state index contributed by atoms with van der Waals surface area (Å²) in [5.41, 5.74) is 1.15. The van der Waals surface area contributed by atoms with Crippen LogP contribution < -0.4 is 5.32 Å². The predicted molar refractivity (Wildman–Crippen MR) is 82.8 cm³/mol. The van der Waals surface area contributed by atoms with E-state index < -0.39 is 0 Å². The molecule has 2 atom stereocenters. The van der Waals surface area contributed by atoms with Gasteiger partial charge >= 0.3 is 0 Å². The highest BCUT2D eigenvalue weighted by Crippen LogP contribution is 2.37. The maximum absolute atomic E-state index is 13.8. The molecule has 3 rings (SSSR count). The SMILES string of the molecule is CN1CCCCC1CNC1CCSc2c(F)cccc21. The standard InChI is InChI=1S/C16H23FN2S/c1-19-9-3-2-5-12(19)11-18-15-8-10-20-16-13(15)6-4-7-14(16)17/h4,6-7,12,15,18H,2-3,5,8-11H2,1H3. The molecule has 1 fully saturated rings. The average Bonchev–Trinajstić information content (AvgIpc) is 2.47. The highest BCUT2D eigenvalue weighted by Gasteiger charge is 2.25. The summed E-state index contributed by atoms with van der Waals surface area (Å²) in [6.07, 6.45) is 5.03. The first-order valence-electron chi connectivity index (χ1n) is 7.60. The van der Waals surface area contributed by atoms with Crippen LogP contribution in [-0.2, 0) is 0 Å². The molecule has 0 radical (unpaired) electrons. The maximum atomic E-state index is 13.8. The van der Waals surface area contributed by atoms with E-state index in [-0.39, 0.29) is 5.82 Å². The Balaban J connectivity index is 1.66. The zero-order valence-electron chi connectivity index (χ0n) is 12.1. The summed E-state index contributed by atoms with van der Waals surface area (Å²) in [4.78, 5) is 3.31. The smallest absolute Gasteiger partial charge is 0.137 e. The van der Waals surface area contributed by atoms with E-state index in [4.69, 9.17) is 0 Å². The predicted octanol–water partition coefficient (Wildman–Crippen LogP) is 3.44. The van der Waals surface area contributed by atoms with Gasteiger partial charge in [-0.05, 0) is 50.2 Å². The molecule has 1 aromatic rings. The molecule has 1 saturated heterocycles. The van der Waals surface area contributed by atoms with E-state index in [0.29, 0.717) is 12.1 Å². The normalized spacial score (nSPS) is 27.3. The van der Waals surface area contributed by atoms with Crippen molar-refractivity contribution in [2.24, 2.45) is 0 Å². The van der Waals surface area contributed by atoms with Crippen molar-refractivity contribution in [3.63, 3.8) is 0 Å². The van der Waals surface area contributed by atoms with Crippen LogP contribution in [-0.4, -0.2) is 36.8 Å². The summed E-state index contributed by atoms with van der Waals surface area (Å²) < 4.78 is 13.8. The molecule has 0 aromatic heterocycles. The van der Waals surface area contributed by atoms with Gasteiger partial charge in [0.2, 0.25) is 0 Å². The van der Waals surface area contributed by atoms with Gasteiger partial charge in [0.15, 0.2) is 0 Å². The van der Waals surface area contributed by atoms with Crippen LogP contribution in [0.1, 0.15) is 37.3 Å². The van der Waals surface area contributed by atoms with Gasteiger partial charge in [0.05, 0.1) is 0 Å². The molecule has 0 spiro atoms. The lowest BCUT2D eigenvalue weighted by molar-refractivity contribution is 0.177. The van der Waals surface area contributed by atoms with Crippen molar-refractivity contribution in [3.8, 4) is 0 Å². The van der Waals surface area contributed by atoms with Gasteiger partial charge in [-0.25, -0.2) is 4.39 Å². The minimum absolute atomic E-state index is 0.0613. The lowest BCUT2D eigenvalue weighted by atomic mass is 10.00. The fourth-order valence-corrected chi connectivity index (χ4v) is 4.42. The second-order valence-electron chi connectivity index (χ2n) is 5.89. The molecule has 0 bridgehead atoms. The van der Waals surface area contributed by atoms with Gasteiger partial charge in [-0.1, -0.05) is 18.6 Å². The summed E-state index contributed by atoms with van der Waals surface area (Å²) in [5, 5.41) is 3.68. The first kappa shape index (κ1) is 14.4. The molecule has 1 N–H and O–H groups in total. The number of benzene rings is 1. The minimum atomic E-state index is -0.0613. The van der Waals surface area contributed by atoms with Gasteiger partial charge in [0.25, 0.3) is 0 Å². The maximum Gasteiger partial charge on any atom is 0.137 e. The van der Waals surface area contributed by atoms with Crippen LogP contribution in [0, 0.1) is 5.82 Å². The van der Waals surface area contributed by atoms with Crippen molar-refractivity contribution in [1.82, 2.24) is 10.2 Å². The molecule has 0 amide bonds. The van der Waals surface area contributed by atoms with E-state index in [9.17, 15) is 4.39 Å². The van der Waals surface area contributed by atoms with Crippen molar-refractivity contribution in [2.75, 3.05) is 25.9 Å². The van der Waals surface area contributed by atoms with Crippen molar-refractivity contribution in [2.45, 2.75) is 42.7 Å². The number of piperidine rings is 1. The summed E-state index contributed by atoms with van der Waals surface area (Å²) in [7, 11) is 2.22. The van der Waals surface area contributed by atoms with Crippen LogP contribution in [0.25, 0.3) is 0 Å². The van der Waals surface area contributed by atoms with Gasteiger partial charge in [-0.2, -0.15) is 0 Å². The molecule has 0 saturated carbocycles. The van der Waals surface area contributed by atoms with E-state index >= 15 is 0 Å². The molecule has 2 unspecified atom stereocenters. The molecule has 110 valence electrons. The number of halogens is 1. The molecule has 2 heterocycles. The number of thioether (sulfide) groups is 1. The number of hydrogen-bond donors (Lipinski definition) is 1. The Kier molecular flexibility index (Phi) is 4.64. The van der Waals surface area contributed by atoms with Crippen LogP contribution in [0.5, 0.6) is 0 Å². The number of likely N-dealkylation sites (N-methyl/N-ethyl adjacent to an activating group) is 1. The fourth-order valence-electron chi connectivity index (χ4n) is 3.28. The number of hydrogen-bond acceptors (Lipinski definition) is 3. The van der Waals surface area contributed by atoms with Crippen LogP contribution >= 0.6 is 11.8 Å². The third-order valence-corrected chi connectivity index (χ3v) is 5.71. The Bertz CT molecular complexity index is 466. The fraction of sp³-hybridized carbons (Fsp3) is 0.625. The van der Waals surface area contributed by atoms with E-state index in [1.807, 2.05) is 6.07 Å². The third-order valence-electron chi connectivity index (χ3n) is 4.55. The third kappa shape index (κ3) is 3.02. The molecular formula is C16H23FN2S. The van der Waals surface area contributed by atoms with Crippen LogP contribution in [0.2, 0.25) is 0 Å². The second-order valence-corrected chi connectivity index (χ2v) is 6.99. The van der Waals surface area contributed by atoms with Crippen LogP contribution in [0.3, 0.4) is 0 Å². The minimum Gasteiger partial charge on any atom is -0.308 e. The lowest BCUT2D eigenvalue weighted by Gasteiger charge is -2.35. The number of rotatable bonds is 3. The van der Waals surface area contributed by atoms with Crippen LogP contribution in [0.4, 0.5) is 4.39 Å². The van der Waals surface area contributed by atoms with Crippen molar-refractivity contribution in [3.05, 3.63) is 29.6 Å². The van der Waals surface area contributed by atoms with Gasteiger partial charge in [-0.15, -0.1) is 11.8 Å². The topological polar surface area (TPSA) is 15.3 Å². The van der Waals surface area contributed by atoms with E-state index in [1.54, 1.807) is 17.8 Å². The first-order valence-corrected chi connectivity index (χ1v) is 8.59.